The molecule has 0 radical (unpaired) electrons. The Bertz CT molecular complexity index is 422. The van der Waals surface area contributed by atoms with Crippen LogP contribution in [-0.4, -0.2) is 121 Å². The number of aliphatic hydroxyl groups is 5. The molecule has 2 rings (SSSR count). The summed E-state index contributed by atoms with van der Waals surface area (Å²) in [7, 11) is 4.07. The standard InChI is InChI=1S/C15H28O11/c1-21-12-6(4-16)25-15(11(20)13(12)22-2)24-5-7-8(17)9(18)10(19)14(23-3)26-7/h6-20H,4-5H2,1-3H3. The molecule has 0 aromatic rings. The van der Waals surface area contributed by atoms with Gasteiger partial charge >= 0.3 is 0 Å². The van der Waals surface area contributed by atoms with E-state index in [-0.39, 0.29) is 13.2 Å². The molecule has 0 aliphatic carbocycles. The molecule has 2 aliphatic heterocycles. The Morgan fingerprint density at radius 1 is 0.692 bits per heavy atom. The molecule has 0 aromatic carbocycles. The van der Waals surface area contributed by atoms with Gasteiger partial charge in [-0.2, -0.15) is 0 Å². The zero-order chi connectivity index (χ0) is 19.4. The Hall–Kier alpha value is -0.440. The van der Waals surface area contributed by atoms with Crippen LogP contribution in [-0.2, 0) is 28.4 Å². The van der Waals surface area contributed by atoms with Gasteiger partial charge in [-0.1, -0.05) is 0 Å². The van der Waals surface area contributed by atoms with E-state index in [4.69, 9.17) is 28.4 Å². The highest BCUT2D eigenvalue weighted by molar-refractivity contribution is 4.92. The molecule has 26 heavy (non-hydrogen) atoms. The first-order valence-corrected chi connectivity index (χ1v) is 8.23. The van der Waals surface area contributed by atoms with Gasteiger partial charge in [0.1, 0.15) is 48.8 Å². The highest BCUT2D eigenvalue weighted by Gasteiger charge is 2.48. The lowest BCUT2D eigenvalue weighted by atomic mass is 9.98. The molecule has 10 atom stereocenters. The second-order valence-electron chi connectivity index (χ2n) is 6.20. The minimum Gasteiger partial charge on any atom is -0.394 e. The van der Waals surface area contributed by atoms with Crippen molar-refractivity contribution < 1.29 is 54.0 Å². The van der Waals surface area contributed by atoms with E-state index < -0.39 is 61.4 Å². The summed E-state index contributed by atoms with van der Waals surface area (Å²) in [6.45, 7) is -0.664. The van der Waals surface area contributed by atoms with Crippen molar-refractivity contribution in [2.24, 2.45) is 0 Å². The van der Waals surface area contributed by atoms with Crippen LogP contribution in [0.5, 0.6) is 0 Å². The van der Waals surface area contributed by atoms with Gasteiger partial charge in [-0.05, 0) is 0 Å². The third-order valence-corrected chi connectivity index (χ3v) is 4.66. The molecule has 0 saturated carbocycles. The first kappa shape index (κ1) is 21.9. The van der Waals surface area contributed by atoms with E-state index in [1.54, 1.807) is 0 Å². The zero-order valence-electron chi connectivity index (χ0n) is 14.9. The molecule has 2 heterocycles. The fourth-order valence-electron chi connectivity index (χ4n) is 3.17. The van der Waals surface area contributed by atoms with Gasteiger partial charge in [-0.3, -0.25) is 0 Å². The first-order valence-electron chi connectivity index (χ1n) is 8.23. The predicted molar refractivity (Wildman–Crippen MR) is 83.0 cm³/mol. The second kappa shape index (κ2) is 9.66. The normalized spacial score (nSPS) is 47.1. The smallest absolute Gasteiger partial charge is 0.186 e. The van der Waals surface area contributed by atoms with Gasteiger partial charge < -0.3 is 54.0 Å². The van der Waals surface area contributed by atoms with E-state index in [0.717, 1.165) is 0 Å². The number of methoxy groups -OCH3 is 3. The van der Waals surface area contributed by atoms with E-state index in [1.807, 2.05) is 0 Å². The minimum absolute atomic E-state index is 0.279. The molecular formula is C15H28O11. The number of rotatable bonds is 7. The summed E-state index contributed by atoms with van der Waals surface area (Å²) in [5, 5.41) is 49.5. The Balaban J connectivity index is 2.01. The van der Waals surface area contributed by atoms with Crippen LogP contribution >= 0.6 is 0 Å². The fraction of sp³-hybridized carbons (Fsp3) is 1.00. The number of hydrogen-bond acceptors (Lipinski definition) is 11. The fourth-order valence-corrected chi connectivity index (χ4v) is 3.17. The Morgan fingerprint density at radius 2 is 1.31 bits per heavy atom. The maximum atomic E-state index is 10.4. The molecule has 5 N–H and O–H groups in total. The molecule has 2 saturated heterocycles. The Labute approximate surface area is 150 Å². The van der Waals surface area contributed by atoms with Crippen LogP contribution in [0.25, 0.3) is 0 Å². The summed E-state index contributed by atoms with van der Waals surface area (Å²) in [5.41, 5.74) is 0. The van der Waals surface area contributed by atoms with Crippen molar-refractivity contribution in [1.29, 1.82) is 0 Å². The van der Waals surface area contributed by atoms with Gasteiger partial charge in [0.2, 0.25) is 0 Å². The molecule has 2 aliphatic rings. The van der Waals surface area contributed by atoms with E-state index in [0.29, 0.717) is 0 Å². The zero-order valence-corrected chi connectivity index (χ0v) is 14.9. The molecule has 154 valence electrons. The van der Waals surface area contributed by atoms with Crippen LogP contribution in [0.4, 0.5) is 0 Å². The number of hydrogen-bond donors (Lipinski definition) is 5. The molecule has 11 nitrogen and oxygen atoms in total. The molecule has 0 aromatic heterocycles. The Morgan fingerprint density at radius 3 is 1.85 bits per heavy atom. The average molecular weight is 384 g/mol. The van der Waals surface area contributed by atoms with Crippen molar-refractivity contribution in [1.82, 2.24) is 0 Å². The summed E-state index contributed by atoms with van der Waals surface area (Å²) in [6, 6.07) is 0. The highest BCUT2D eigenvalue weighted by Crippen LogP contribution is 2.27. The van der Waals surface area contributed by atoms with Crippen LogP contribution in [0.3, 0.4) is 0 Å². The molecular weight excluding hydrogens is 356 g/mol. The van der Waals surface area contributed by atoms with Crippen LogP contribution < -0.4 is 0 Å². The topological polar surface area (TPSA) is 157 Å². The average Bonchev–Trinajstić information content (AvgIpc) is 2.65. The molecule has 11 heteroatoms. The van der Waals surface area contributed by atoms with Crippen molar-refractivity contribution in [3.63, 3.8) is 0 Å². The molecule has 0 amide bonds. The summed E-state index contributed by atoms with van der Waals surface area (Å²) >= 11 is 0. The lowest BCUT2D eigenvalue weighted by molar-refractivity contribution is -0.331. The molecule has 0 bridgehead atoms. The van der Waals surface area contributed by atoms with Crippen LogP contribution in [0.2, 0.25) is 0 Å². The highest BCUT2D eigenvalue weighted by atomic mass is 16.7. The summed E-state index contributed by atoms with van der Waals surface area (Å²) in [6.07, 6.45) is -11.3. The maximum absolute atomic E-state index is 10.4. The monoisotopic (exact) mass is 384 g/mol. The van der Waals surface area contributed by atoms with Gasteiger partial charge in [0, 0.05) is 21.3 Å². The lowest BCUT2D eigenvalue weighted by Gasteiger charge is -2.44. The summed E-state index contributed by atoms with van der Waals surface area (Å²) in [5.74, 6) is 0. The van der Waals surface area contributed by atoms with Crippen LogP contribution in [0.15, 0.2) is 0 Å². The van der Waals surface area contributed by atoms with Crippen LogP contribution in [0.1, 0.15) is 0 Å². The summed E-state index contributed by atoms with van der Waals surface area (Å²) in [4.78, 5) is 0. The van der Waals surface area contributed by atoms with E-state index in [2.05, 4.69) is 0 Å². The summed E-state index contributed by atoms with van der Waals surface area (Å²) < 4.78 is 31.7. The van der Waals surface area contributed by atoms with Crippen molar-refractivity contribution in [3.05, 3.63) is 0 Å². The second-order valence-corrected chi connectivity index (χ2v) is 6.20. The number of aliphatic hydroxyl groups excluding tert-OH is 5. The molecule has 0 spiro atoms. The van der Waals surface area contributed by atoms with Crippen LogP contribution in [0, 0.1) is 0 Å². The van der Waals surface area contributed by atoms with Crippen molar-refractivity contribution >= 4 is 0 Å². The van der Waals surface area contributed by atoms with Crippen molar-refractivity contribution in [2.75, 3.05) is 34.5 Å². The first-order chi connectivity index (χ1) is 12.4. The van der Waals surface area contributed by atoms with Gasteiger partial charge in [0.15, 0.2) is 12.6 Å². The van der Waals surface area contributed by atoms with E-state index >= 15 is 0 Å². The van der Waals surface area contributed by atoms with Gasteiger partial charge in [-0.25, -0.2) is 0 Å². The Kier molecular flexibility index (Phi) is 8.12. The van der Waals surface area contributed by atoms with Crippen molar-refractivity contribution in [3.8, 4) is 0 Å². The van der Waals surface area contributed by atoms with E-state index in [1.165, 1.54) is 21.3 Å². The SMILES string of the molecule is COC1OC(COC2OC(CO)C(OC)C(OC)C2O)C(O)C(O)C1O. The third-order valence-electron chi connectivity index (χ3n) is 4.66. The lowest BCUT2D eigenvalue weighted by Crippen LogP contribution is -2.62. The van der Waals surface area contributed by atoms with Gasteiger partial charge in [0.25, 0.3) is 0 Å². The number of ether oxygens (including phenoxy) is 6. The largest absolute Gasteiger partial charge is 0.394 e. The van der Waals surface area contributed by atoms with Crippen molar-refractivity contribution in [2.45, 2.75) is 61.4 Å². The van der Waals surface area contributed by atoms with E-state index in [9.17, 15) is 25.5 Å². The quantitative estimate of drug-likeness (QED) is 0.298. The predicted octanol–water partition coefficient (Wildman–Crippen LogP) is -3.43. The van der Waals surface area contributed by atoms with Gasteiger partial charge in [0.05, 0.1) is 13.2 Å². The van der Waals surface area contributed by atoms with Gasteiger partial charge in [-0.15, -0.1) is 0 Å². The minimum atomic E-state index is -1.49. The molecule has 2 fully saturated rings. The maximum Gasteiger partial charge on any atom is 0.186 e. The molecule has 10 unspecified atom stereocenters. The third kappa shape index (κ3) is 4.34.